The molecule has 0 saturated heterocycles. The molecule has 0 aliphatic heterocycles. The van der Waals surface area contributed by atoms with Crippen molar-refractivity contribution in [1.29, 1.82) is 0 Å². The summed E-state index contributed by atoms with van der Waals surface area (Å²) in [5.74, 6) is -0.255. The van der Waals surface area contributed by atoms with Crippen LogP contribution in [0.3, 0.4) is 0 Å². The Balaban J connectivity index is 1.51. The summed E-state index contributed by atoms with van der Waals surface area (Å²) in [6.07, 6.45) is 1.36. The number of nitrogens with zero attached hydrogens (tertiary/aromatic N) is 4. The molecular weight excluding hydrogens is 322 g/mol. The summed E-state index contributed by atoms with van der Waals surface area (Å²) < 4.78 is 1.32. The molecule has 0 bridgehead atoms. The van der Waals surface area contributed by atoms with Gasteiger partial charge in [0.1, 0.15) is 12.9 Å². The van der Waals surface area contributed by atoms with Crippen molar-refractivity contribution in [3.63, 3.8) is 0 Å². The minimum atomic E-state index is -0.346. The Labute approximate surface area is 143 Å². The average molecular weight is 337 g/mol. The highest BCUT2D eigenvalue weighted by Crippen LogP contribution is 2.14. The highest BCUT2D eigenvalue weighted by atomic mass is 16.2. The van der Waals surface area contributed by atoms with Crippen molar-refractivity contribution in [3.05, 3.63) is 60.9 Å². The van der Waals surface area contributed by atoms with E-state index in [0.29, 0.717) is 17.1 Å². The van der Waals surface area contributed by atoms with Crippen LogP contribution >= 0.6 is 0 Å². The van der Waals surface area contributed by atoms with Gasteiger partial charge in [-0.3, -0.25) is 4.79 Å². The summed E-state index contributed by atoms with van der Waals surface area (Å²) in [7, 11) is 0. The van der Waals surface area contributed by atoms with Crippen molar-refractivity contribution in [2.45, 2.75) is 6.54 Å². The van der Waals surface area contributed by atoms with Gasteiger partial charge in [-0.05, 0) is 46.8 Å². The number of nitrogens with one attached hydrogen (secondary N) is 3. The zero-order chi connectivity index (χ0) is 17.5. The van der Waals surface area contributed by atoms with Crippen LogP contribution in [0.5, 0.6) is 0 Å². The second-order valence-electron chi connectivity index (χ2n) is 5.08. The third kappa shape index (κ3) is 4.86. The molecule has 3 amide bonds. The lowest BCUT2D eigenvalue weighted by molar-refractivity contribution is -0.116. The Kier molecular flexibility index (Phi) is 4.95. The predicted molar refractivity (Wildman–Crippen MR) is 92.0 cm³/mol. The lowest BCUT2D eigenvalue weighted by atomic mass is 10.2. The number of hydrogen-bond acceptors (Lipinski definition) is 5. The second-order valence-corrected chi connectivity index (χ2v) is 5.08. The zero-order valence-corrected chi connectivity index (χ0v) is 13.1. The van der Waals surface area contributed by atoms with Gasteiger partial charge in [0.2, 0.25) is 5.91 Å². The molecule has 1 aromatic heterocycles. The molecule has 25 heavy (non-hydrogen) atoms. The van der Waals surface area contributed by atoms with Gasteiger partial charge < -0.3 is 16.0 Å². The molecule has 0 aliphatic carbocycles. The Bertz CT molecular complexity index is 833. The highest BCUT2D eigenvalue weighted by molar-refractivity contribution is 6.00. The molecule has 0 fully saturated rings. The van der Waals surface area contributed by atoms with Crippen LogP contribution in [0.2, 0.25) is 0 Å². The first kappa shape index (κ1) is 16.1. The van der Waals surface area contributed by atoms with Gasteiger partial charge in [-0.2, -0.15) is 0 Å². The smallest absolute Gasteiger partial charge is 0.323 e. The summed E-state index contributed by atoms with van der Waals surface area (Å²) in [6.45, 7) is 0.0203. The van der Waals surface area contributed by atoms with Crippen molar-refractivity contribution in [2.75, 3.05) is 16.0 Å². The molecule has 9 nitrogen and oxygen atoms in total. The lowest BCUT2D eigenvalue weighted by Gasteiger charge is -2.09. The van der Waals surface area contributed by atoms with E-state index in [-0.39, 0.29) is 18.5 Å². The number of para-hydroxylation sites is 1. The van der Waals surface area contributed by atoms with E-state index in [1.165, 1.54) is 11.0 Å². The summed E-state index contributed by atoms with van der Waals surface area (Å²) >= 11 is 0. The van der Waals surface area contributed by atoms with Crippen LogP contribution in [0.4, 0.5) is 21.9 Å². The van der Waals surface area contributed by atoms with Gasteiger partial charge in [-0.1, -0.05) is 18.2 Å². The maximum absolute atomic E-state index is 11.9. The molecule has 3 rings (SSSR count). The molecule has 2 aromatic carbocycles. The number of aromatic nitrogens is 4. The monoisotopic (exact) mass is 337 g/mol. The zero-order valence-electron chi connectivity index (χ0n) is 13.1. The van der Waals surface area contributed by atoms with E-state index in [1.807, 2.05) is 18.2 Å². The molecule has 0 unspecified atom stereocenters. The molecule has 3 aromatic rings. The van der Waals surface area contributed by atoms with E-state index in [1.54, 1.807) is 36.4 Å². The van der Waals surface area contributed by atoms with Gasteiger partial charge in [0, 0.05) is 17.1 Å². The van der Waals surface area contributed by atoms with E-state index in [2.05, 4.69) is 31.5 Å². The van der Waals surface area contributed by atoms with E-state index in [9.17, 15) is 9.59 Å². The second kappa shape index (κ2) is 7.68. The topological polar surface area (TPSA) is 114 Å². The number of rotatable bonds is 5. The number of benzene rings is 2. The number of hydrogen-bond donors (Lipinski definition) is 3. The molecule has 0 radical (unpaired) electrons. The number of tetrazole rings is 1. The van der Waals surface area contributed by atoms with Crippen molar-refractivity contribution < 1.29 is 9.59 Å². The number of carbonyl (C=O) groups is 2. The molecule has 0 aliphatic rings. The van der Waals surface area contributed by atoms with E-state index < -0.39 is 0 Å². The van der Waals surface area contributed by atoms with Crippen molar-refractivity contribution >= 4 is 29.0 Å². The van der Waals surface area contributed by atoms with Crippen LogP contribution < -0.4 is 16.0 Å². The SMILES string of the molecule is O=C(Cn1cnnn1)Nc1ccc(NC(=O)Nc2ccccc2)cc1. The summed E-state index contributed by atoms with van der Waals surface area (Å²) in [5, 5.41) is 18.7. The first-order valence-electron chi connectivity index (χ1n) is 7.43. The van der Waals surface area contributed by atoms with Gasteiger partial charge in [-0.25, -0.2) is 9.48 Å². The van der Waals surface area contributed by atoms with Crippen LogP contribution in [0.15, 0.2) is 60.9 Å². The fourth-order valence-electron chi connectivity index (χ4n) is 2.05. The number of anilines is 3. The number of amides is 3. The largest absolute Gasteiger partial charge is 0.324 e. The van der Waals surface area contributed by atoms with Crippen LogP contribution in [0.25, 0.3) is 0 Å². The molecule has 9 heteroatoms. The molecule has 1 heterocycles. The maximum Gasteiger partial charge on any atom is 0.323 e. The van der Waals surface area contributed by atoms with Crippen molar-refractivity contribution in [2.24, 2.45) is 0 Å². The number of carbonyl (C=O) groups excluding carboxylic acids is 2. The maximum atomic E-state index is 11.9. The summed E-state index contributed by atoms with van der Waals surface area (Å²) in [4.78, 5) is 23.7. The Morgan fingerprint density at radius 3 is 2.04 bits per heavy atom. The number of urea groups is 1. The van der Waals surface area contributed by atoms with Crippen molar-refractivity contribution in [1.82, 2.24) is 20.2 Å². The predicted octanol–water partition coefficient (Wildman–Crippen LogP) is 1.96. The molecule has 3 N–H and O–H groups in total. The first-order chi connectivity index (χ1) is 12.2. The normalized spacial score (nSPS) is 10.1. The molecule has 0 spiro atoms. The third-order valence-corrected chi connectivity index (χ3v) is 3.16. The lowest BCUT2D eigenvalue weighted by Crippen LogP contribution is -2.20. The first-order valence-corrected chi connectivity index (χ1v) is 7.43. The standard InChI is InChI=1S/C16H15N7O2/c24-15(10-23-11-17-21-22-23)18-13-6-8-14(9-7-13)20-16(25)19-12-4-2-1-3-5-12/h1-9,11H,10H2,(H,18,24)(H2,19,20,25). The molecule has 126 valence electrons. The Morgan fingerprint density at radius 1 is 0.840 bits per heavy atom. The Hall–Kier alpha value is -3.75. The minimum Gasteiger partial charge on any atom is -0.324 e. The van der Waals surface area contributed by atoms with Crippen LogP contribution in [0.1, 0.15) is 0 Å². The van der Waals surface area contributed by atoms with Crippen LogP contribution in [-0.2, 0) is 11.3 Å². The minimum absolute atomic E-state index is 0.0203. The van der Waals surface area contributed by atoms with Crippen molar-refractivity contribution in [3.8, 4) is 0 Å². The molecule has 0 atom stereocenters. The van der Waals surface area contributed by atoms with Gasteiger partial charge in [-0.15, -0.1) is 5.10 Å². The molecular formula is C16H15N7O2. The van der Waals surface area contributed by atoms with Gasteiger partial charge >= 0.3 is 6.03 Å². The van der Waals surface area contributed by atoms with Crippen LogP contribution in [-0.4, -0.2) is 32.1 Å². The fraction of sp³-hybridized carbons (Fsp3) is 0.0625. The summed E-state index contributed by atoms with van der Waals surface area (Å²) in [6, 6.07) is 15.5. The van der Waals surface area contributed by atoms with E-state index in [0.717, 1.165) is 0 Å². The molecule has 0 saturated carbocycles. The third-order valence-electron chi connectivity index (χ3n) is 3.16. The highest BCUT2D eigenvalue weighted by Gasteiger charge is 2.06. The quantitative estimate of drug-likeness (QED) is 0.658. The van der Waals surface area contributed by atoms with Gasteiger partial charge in [0.15, 0.2) is 0 Å². The van der Waals surface area contributed by atoms with E-state index in [4.69, 9.17) is 0 Å². The average Bonchev–Trinajstić information content (AvgIpc) is 3.10. The van der Waals surface area contributed by atoms with E-state index >= 15 is 0 Å². The Morgan fingerprint density at radius 2 is 1.44 bits per heavy atom. The summed E-state index contributed by atoms with van der Waals surface area (Å²) in [5.41, 5.74) is 1.91. The van der Waals surface area contributed by atoms with Gasteiger partial charge in [0.25, 0.3) is 0 Å². The fourth-order valence-corrected chi connectivity index (χ4v) is 2.05. The van der Waals surface area contributed by atoms with Crippen LogP contribution in [0, 0.1) is 0 Å². The van der Waals surface area contributed by atoms with Gasteiger partial charge in [0.05, 0.1) is 0 Å².